The summed E-state index contributed by atoms with van der Waals surface area (Å²) in [5.41, 5.74) is 2.26. The Hall–Kier alpha value is -1.06. The van der Waals surface area contributed by atoms with Gasteiger partial charge in [-0.1, -0.05) is 26.0 Å². The first-order valence-corrected chi connectivity index (χ1v) is 7.31. The maximum atomic E-state index is 9.52. The van der Waals surface area contributed by atoms with Crippen LogP contribution < -0.4 is 4.90 Å². The first kappa shape index (κ1) is 14.4. The number of aliphatic hydroxyl groups is 1. The summed E-state index contributed by atoms with van der Waals surface area (Å²) in [5.74, 6) is 0.747. The van der Waals surface area contributed by atoms with Crippen molar-refractivity contribution >= 4 is 5.69 Å². The predicted molar refractivity (Wildman–Crippen MR) is 80.6 cm³/mol. The molecule has 1 aliphatic heterocycles. The largest absolute Gasteiger partial charge is 0.389 e. The first-order valence-electron chi connectivity index (χ1n) is 7.31. The van der Waals surface area contributed by atoms with Gasteiger partial charge in [0.2, 0.25) is 0 Å². The Morgan fingerprint density at radius 2 is 1.58 bits per heavy atom. The van der Waals surface area contributed by atoms with E-state index in [0.29, 0.717) is 0 Å². The van der Waals surface area contributed by atoms with Crippen LogP contribution in [-0.2, 0) is 0 Å². The molecule has 1 saturated heterocycles. The molecule has 3 nitrogen and oxygen atoms in total. The van der Waals surface area contributed by atoms with Gasteiger partial charge in [-0.3, -0.25) is 4.90 Å². The van der Waals surface area contributed by atoms with Crippen LogP contribution in [0.5, 0.6) is 0 Å². The third kappa shape index (κ3) is 3.95. The fourth-order valence-corrected chi connectivity index (χ4v) is 2.67. The standard InChI is InChI=1S/C16H26N2O/c1-13(2)12-17-8-10-18(11-9-17)16-6-4-15(5-7-16)14(3)19/h4-7,13-14,19H,8-12H2,1-3H3. The van der Waals surface area contributed by atoms with Crippen molar-refractivity contribution in [2.45, 2.75) is 26.9 Å². The molecule has 1 N–H and O–H groups in total. The van der Waals surface area contributed by atoms with Crippen molar-refractivity contribution in [3.05, 3.63) is 29.8 Å². The van der Waals surface area contributed by atoms with E-state index < -0.39 is 0 Å². The van der Waals surface area contributed by atoms with Gasteiger partial charge in [-0.15, -0.1) is 0 Å². The Labute approximate surface area is 116 Å². The van der Waals surface area contributed by atoms with Gasteiger partial charge in [0.1, 0.15) is 0 Å². The highest BCUT2D eigenvalue weighted by Gasteiger charge is 2.17. The maximum absolute atomic E-state index is 9.52. The summed E-state index contributed by atoms with van der Waals surface area (Å²) in [7, 11) is 0. The number of anilines is 1. The second kappa shape index (κ2) is 6.40. The zero-order valence-corrected chi connectivity index (χ0v) is 12.3. The Bertz CT molecular complexity index is 378. The molecular formula is C16H26N2O. The molecule has 1 atom stereocenters. The topological polar surface area (TPSA) is 26.7 Å². The van der Waals surface area contributed by atoms with Crippen LogP contribution in [-0.4, -0.2) is 42.7 Å². The van der Waals surface area contributed by atoms with Crippen molar-refractivity contribution in [2.75, 3.05) is 37.6 Å². The van der Waals surface area contributed by atoms with E-state index in [4.69, 9.17) is 0 Å². The van der Waals surface area contributed by atoms with Gasteiger partial charge >= 0.3 is 0 Å². The van der Waals surface area contributed by atoms with Gasteiger partial charge in [0.25, 0.3) is 0 Å². The van der Waals surface area contributed by atoms with E-state index in [1.807, 2.05) is 12.1 Å². The van der Waals surface area contributed by atoms with Gasteiger partial charge in [0.05, 0.1) is 6.10 Å². The molecule has 0 bridgehead atoms. The third-order valence-corrected chi connectivity index (χ3v) is 3.74. The van der Waals surface area contributed by atoms with Gasteiger partial charge in [-0.05, 0) is 30.5 Å². The smallest absolute Gasteiger partial charge is 0.0761 e. The van der Waals surface area contributed by atoms with E-state index in [1.165, 1.54) is 12.2 Å². The Morgan fingerprint density at radius 1 is 1.00 bits per heavy atom. The zero-order chi connectivity index (χ0) is 13.8. The van der Waals surface area contributed by atoms with Crippen molar-refractivity contribution in [1.29, 1.82) is 0 Å². The predicted octanol–water partition coefficient (Wildman–Crippen LogP) is 2.52. The summed E-state index contributed by atoms with van der Waals surface area (Å²) in [6.07, 6.45) is -0.378. The highest BCUT2D eigenvalue weighted by atomic mass is 16.3. The van der Waals surface area contributed by atoms with Crippen molar-refractivity contribution in [3.63, 3.8) is 0 Å². The molecule has 0 radical (unpaired) electrons. The van der Waals surface area contributed by atoms with Gasteiger partial charge < -0.3 is 10.0 Å². The van der Waals surface area contributed by atoms with E-state index in [9.17, 15) is 5.11 Å². The summed E-state index contributed by atoms with van der Waals surface area (Å²) in [6.45, 7) is 12.1. The number of nitrogens with zero attached hydrogens (tertiary/aromatic N) is 2. The summed E-state index contributed by atoms with van der Waals surface area (Å²) >= 11 is 0. The lowest BCUT2D eigenvalue weighted by Gasteiger charge is -2.36. The molecule has 106 valence electrons. The van der Waals surface area contributed by atoms with Crippen LogP contribution in [0.1, 0.15) is 32.4 Å². The van der Waals surface area contributed by atoms with Crippen molar-refractivity contribution in [3.8, 4) is 0 Å². The lowest BCUT2D eigenvalue weighted by Crippen LogP contribution is -2.47. The number of piperazine rings is 1. The average molecular weight is 262 g/mol. The highest BCUT2D eigenvalue weighted by molar-refractivity contribution is 5.48. The summed E-state index contributed by atoms with van der Waals surface area (Å²) in [5, 5.41) is 9.52. The van der Waals surface area contributed by atoms with Crippen molar-refractivity contribution in [2.24, 2.45) is 5.92 Å². The second-order valence-electron chi connectivity index (χ2n) is 5.95. The van der Waals surface area contributed by atoms with Crippen LogP contribution in [0.15, 0.2) is 24.3 Å². The molecule has 0 spiro atoms. The van der Waals surface area contributed by atoms with E-state index >= 15 is 0 Å². The Kier molecular flexibility index (Phi) is 4.83. The minimum Gasteiger partial charge on any atom is -0.389 e. The Morgan fingerprint density at radius 3 is 2.05 bits per heavy atom. The maximum Gasteiger partial charge on any atom is 0.0761 e. The molecule has 2 rings (SSSR count). The number of rotatable bonds is 4. The molecule has 1 fully saturated rings. The molecule has 0 aliphatic carbocycles. The molecule has 1 heterocycles. The van der Waals surface area contributed by atoms with Crippen LogP contribution in [0.3, 0.4) is 0 Å². The fraction of sp³-hybridized carbons (Fsp3) is 0.625. The molecule has 3 heteroatoms. The van der Waals surface area contributed by atoms with Crippen molar-refractivity contribution in [1.82, 2.24) is 4.90 Å². The molecule has 1 unspecified atom stereocenters. The molecule has 19 heavy (non-hydrogen) atoms. The molecule has 0 saturated carbocycles. The molecule has 1 aromatic rings. The van der Waals surface area contributed by atoms with Crippen LogP contribution in [0.2, 0.25) is 0 Å². The average Bonchev–Trinajstić information content (AvgIpc) is 2.39. The molecule has 0 aromatic heterocycles. The van der Waals surface area contributed by atoms with Gasteiger partial charge in [-0.25, -0.2) is 0 Å². The number of hydrogen-bond acceptors (Lipinski definition) is 3. The van der Waals surface area contributed by atoms with E-state index in [1.54, 1.807) is 6.92 Å². The zero-order valence-electron chi connectivity index (χ0n) is 12.3. The monoisotopic (exact) mass is 262 g/mol. The third-order valence-electron chi connectivity index (χ3n) is 3.74. The van der Waals surface area contributed by atoms with Gasteiger partial charge in [0.15, 0.2) is 0 Å². The number of hydrogen-bond donors (Lipinski definition) is 1. The number of benzene rings is 1. The quantitative estimate of drug-likeness (QED) is 0.903. The lowest BCUT2D eigenvalue weighted by molar-refractivity contribution is 0.199. The van der Waals surface area contributed by atoms with Gasteiger partial charge in [0, 0.05) is 38.4 Å². The molecule has 1 aliphatic rings. The lowest BCUT2D eigenvalue weighted by atomic mass is 10.1. The van der Waals surface area contributed by atoms with E-state index in [0.717, 1.165) is 37.7 Å². The summed E-state index contributed by atoms with van der Waals surface area (Å²) in [6, 6.07) is 8.31. The Balaban J connectivity index is 1.90. The summed E-state index contributed by atoms with van der Waals surface area (Å²) < 4.78 is 0. The van der Waals surface area contributed by atoms with Crippen LogP contribution >= 0.6 is 0 Å². The highest BCUT2D eigenvalue weighted by Crippen LogP contribution is 2.20. The minimum atomic E-state index is -0.378. The normalized spacial score (nSPS) is 18.9. The second-order valence-corrected chi connectivity index (χ2v) is 5.95. The van der Waals surface area contributed by atoms with Gasteiger partial charge in [-0.2, -0.15) is 0 Å². The fourth-order valence-electron chi connectivity index (χ4n) is 2.67. The van der Waals surface area contributed by atoms with E-state index in [-0.39, 0.29) is 6.10 Å². The van der Waals surface area contributed by atoms with Crippen LogP contribution in [0.25, 0.3) is 0 Å². The number of aliphatic hydroxyl groups excluding tert-OH is 1. The first-order chi connectivity index (χ1) is 9.06. The van der Waals surface area contributed by atoms with Crippen LogP contribution in [0, 0.1) is 5.92 Å². The SMILES string of the molecule is CC(C)CN1CCN(c2ccc(C(C)O)cc2)CC1. The minimum absolute atomic E-state index is 0.378. The molecule has 0 amide bonds. The molecule has 1 aromatic carbocycles. The van der Waals surface area contributed by atoms with Crippen molar-refractivity contribution < 1.29 is 5.11 Å². The van der Waals surface area contributed by atoms with Crippen LogP contribution in [0.4, 0.5) is 5.69 Å². The summed E-state index contributed by atoms with van der Waals surface area (Å²) in [4.78, 5) is 4.98. The van der Waals surface area contributed by atoms with E-state index in [2.05, 4.69) is 35.8 Å². The molecular weight excluding hydrogens is 236 g/mol.